The van der Waals surface area contributed by atoms with Crippen LogP contribution in [0.2, 0.25) is 0 Å². The van der Waals surface area contributed by atoms with E-state index in [0.29, 0.717) is 5.47 Å². The molecule has 16 heavy (non-hydrogen) atoms. The van der Waals surface area contributed by atoms with Crippen molar-refractivity contribution < 1.29 is 10.0 Å². The van der Waals surface area contributed by atoms with Crippen LogP contribution in [0.25, 0.3) is 0 Å². The van der Waals surface area contributed by atoms with Crippen molar-refractivity contribution in [2.24, 2.45) is 0 Å². The molecular weight excluding hydrogens is 199 g/mol. The molecule has 0 fully saturated rings. The molecule has 3 heteroatoms. The normalized spacial score (nSPS) is 8.69. The second-order valence-corrected chi connectivity index (χ2v) is 1.78. The summed E-state index contributed by atoms with van der Waals surface area (Å²) in [6, 6.07) is 0. The zero-order chi connectivity index (χ0) is 14.0. The molecule has 0 amide bonds. The first-order chi connectivity index (χ1) is 7.72. The van der Waals surface area contributed by atoms with Crippen molar-refractivity contribution in [3.8, 4) is 0 Å². The maximum absolute atomic E-state index is 8.66. The molecule has 0 aliphatic carbocycles. The topological polar surface area (TPSA) is 40.5 Å². The molecule has 0 aromatic carbocycles. The van der Waals surface area contributed by atoms with Crippen LogP contribution in [0.3, 0.4) is 0 Å². The molecule has 0 unspecified atom stereocenters. The van der Waals surface area contributed by atoms with Crippen LogP contribution >= 0.6 is 0 Å². The van der Waals surface area contributed by atoms with Crippen molar-refractivity contribution in [1.82, 2.24) is 0 Å². The molecule has 0 radical (unpaired) electrons. The Morgan fingerprint density at radius 1 is 1.00 bits per heavy atom. The number of rotatable bonds is 3. The molecule has 0 aliphatic heterocycles. The molecule has 96 valence electrons. The average Bonchev–Trinajstić information content (AvgIpc) is 2.36. The summed E-state index contributed by atoms with van der Waals surface area (Å²) in [5.41, 5.74) is 0.442. The van der Waals surface area contributed by atoms with E-state index in [2.05, 4.69) is 6.58 Å². The Bertz CT molecular complexity index is 161. The lowest BCUT2D eigenvalue weighted by Crippen LogP contribution is -2.13. The quantitative estimate of drug-likeness (QED) is 0.570. The predicted octanol–water partition coefficient (Wildman–Crippen LogP) is 3.77. The van der Waals surface area contributed by atoms with Crippen molar-refractivity contribution in [1.29, 1.82) is 0 Å². The molecule has 0 aliphatic rings. The molecule has 0 rings (SSSR count). The van der Waals surface area contributed by atoms with E-state index in [4.69, 9.17) is 10.0 Å². The highest BCUT2D eigenvalue weighted by atomic mass is 16.4. The zero-order valence-electron chi connectivity index (χ0n) is 12.0. The summed E-state index contributed by atoms with van der Waals surface area (Å²) in [4.78, 5) is 0. The van der Waals surface area contributed by atoms with E-state index < -0.39 is 7.12 Å². The van der Waals surface area contributed by atoms with Crippen LogP contribution in [0, 0.1) is 0 Å². The monoisotopic (exact) mass is 228 g/mol. The highest BCUT2D eigenvalue weighted by molar-refractivity contribution is 6.51. The van der Waals surface area contributed by atoms with E-state index in [0.717, 1.165) is 0 Å². The van der Waals surface area contributed by atoms with E-state index in [1.54, 1.807) is 25.2 Å². The Labute approximate surface area is 103 Å². The molecule has 0 saturated heterocycles. The number of hydrogen-bond acceptors (Lipinski definition) is 2. The summed E-state index contributed by atoms with van der Waals surface area (Å²) < 4.78 is 0. The standard InChI is InChI=1S/C7H11BO2.3C2H6/c1-3-5-7(6-4-2)8(9)10;3*1-2/h3-6,9-10H,1H2,2H3;3*1-2H3/b6-4-,7-5+;;;. The Hall–Kier alpha value is -0.795. The molecule has 0 aromatic heterocycles. The van der Waals surface area contributed by atoms with Gasteiger partial charge in [-0.25, -0.2) is 0 Å². The molecule has 0 spiro atoms. The maximum Gasteiger partial charge on any atom is 0.488 e. The Morgan fingerprint density at radius 3 is 1.56 bits per heavy atom. The van der Waals surface area contributed by atoms with E-state index in [9.17, 15) is 0 Å². The van der Waals surface area contributed by atoms with Gasteiger partial charge in [0, 0.05) is 0 Å². The van der Waals surface area contributed by atoms with E-state index in [1.807, 2.05) is 41.5 Å². The van der Waals surface area contributed by atoms with Gasteiger partial charge in [-0.1, -0.05) is 72.4 Å². The van der Waals surface area contributed by atoms with Crippen LogP contribution in [-0.4, -0.2) is 17.2 Å². The summed E-state index contributed by atoms with van der Waals surface area (Å²) in [6.45, 7) is 17.2. The summed E-state index contributed by atoms with van der Waals surface area (Å²) in [5, 5.41) is 17.3. The number of allylic oxidation sites excluding steroid dienone is 5. The summed E-state index contributed by atoms with van der Waals surface area (Å²) in [7, 11) is -1.41. The fourth-order valence-electron chi connectivity index (χ4n) is 0.556. The van der Waals surface area contributed by atoms with Gasteiger partial charge >= 0.3 is 7.12 Å². The van der Waals surface area contributed by atoms with E-state index in [-0.39, 0.29) is 0 Å². The second kappa shape index (κ2) is 29.2. The van der Waals surface area contributed by atoms with Gasteiger partial charge in [0.25, 0.3) is 0 Å². The molecule has 0 aromatic rings. The molecule has 0 atom stereocenters. The largest absolute Gasteiger partial charge is 0.488 e. The minimum atomic E-state index is -1.41. The third-order valence-electron chi connectivity index (χ3n) is 0.968. The van der Waals surface area contributed by atoms with Gasteiger partial charge in [-0.3, -0.25) is 0 Å². The SMILES string of the molecule is C=C/C=C(\C=C/C)B(O)O.CC.CC.CC. The van der Waals surface area contributed by atoms with Gasteiger partial charge in [0.05, 0.1) is 0 Å². The third-order valence-corrected chi connectivity index (χ3v) is 0.968. The van der Waals surface area contributed by atoms with Crippen LogP contribution in [0.4, 0.5) is 0 Å². The molecule has 0 saturated carbocycles. The third kappa shape index (κ3) is 23.2. The fraction of sp³-hybridized carbons (Fsp3) is 0.538. The van der Waals surface area contributed by atoms with Crippen LogP contribution in [0.15, 0.2) is 36.4 Å². The van der Waals surface area contributed by atoms with Crippen LogP contribution in [-0.2, 0) is 0 Å². The van der Waals surface area contributed by atoms with Gasteiger partial charge in [-0.15, -0.1) is 0 Å². The lowest BCUT2D eigenvalue weighted by molar-refractivity contribution is 0.420. The smallest absolute Gasteiger partial charge is 0.423 e. The highest BCUT2D eigenvalue weighted by Gasteiger charge is 2.09. The maximum atomic E-state index is 8.66. The fourth-order valence-corrected chi connectivity index (χ4v) is 0.556. The van der Waals surface area contributed by atoms with E-state index in [1.165, 1.54) is 6.08 Å². The number of hydrogen-bond donors (Lipinski definition) is 2. The van der Waals surface area contributed by atoms with Gasteiger partial charge in [-0.2, -0.15) is 0 Å². The highest BCUT2D eigenvalue weighted by Crippen LogP contribution is 1.97. The first-order valence-corrected chi connectivity index (χ1v) is 6.03. The van der Waals surface area contributed by atoms with Gasteiger partial charge in [-0.05, 0) is 12.4 Å². The van der Waals surface area contributed by atoms with Gasteiger partial charge < -0.3 is 10.0 Å². The Kier molecular flexibility index (Phi) is 44.6. The van der Waals surface area contributed by atoms with E-state index >= 15 is 0 Å². The summed E-state index contributed by atoms with van der Waals surface area (Å²) in [6.07, 6.45) is 6.40. The molecule has 0 bridgehead atoms. The van der Waals surface area contributed by atoms with Gasteiger partial charge in [0.15, 0.2) is 0 Å². The van der Waals surface area contributed by atoms with Crippen molar-refractivity contribution >= 4 is 7.12 Å². The van der Waals surface area contributed by atoms with Crippen molar-refractivity contribution in [2.75, 3.05) is 0 Å². The van der Waals surface area contributed by atoms with Crippen molar-refractivity contribution in [2.45, 2.75) is 48.5 Å². The predicted molar refractivity (Wildman–Crippen MR) is 77.3 cm³/mol. The first kappa shape index (κ1) is 24.4. The minimum absolute atomic E-state index is 0.442. The van der Waals surface area contributed by atoms with Crippen molar-refractivity contribution in [3.05, 3.63) is 36.4 Å². The summed E-state index contributed by atoms with van der Waals surface area (Å²) in [5.74, 6) is 0. The van der Waals surface area contributed by atoms with Gasteiger partial charge in [0.2, 0.25) is 0 Å². The van der Waals surface area contributed by atoms with Crippen molar-refractivity contribution in [3.63, 3.8) is 0 Å². The first-order valence-electron chi connectivity index (χ1n) is 6.03. The Balaban J connectivity index is -0.000000103. The van der Waals surface area contributed by atoms with Crippen LogP contribution in [0.5, 0.6) is 0 Å². The van der Waals surface area contributed by atoms with Crippen LogP contribution in [0.1, 0.15) is 48.5 Å². The summed E-state index contributed by atoms with van der Waals surface area (Å²) >= 11 is 0. The van der Waals surface area contributed by atoms with Gasteiger partial charge in [0.1, 0.15) is 0 Å². The molecular formula is C13H29BO2. The molecule has 2 N–H and O–H groups in total. The van der Waals surface area contributed by atoms with Crippen LogP contribution < -0.4 is 0 Å². The second-order valence-electron chi connectivity index (χ2n) is 1.78. The average molecular weight is 228 g/mol. The lowest BCUT2D eigenvalue weighted by atomic mass is 9.79. The zero-order valence-corrected chi connectivity index (χ0v) is 12.0. The Morgan fingerprint density at radius 2 is 1.38 bits per heavy atom. The molecule has 2 nitrogen and oxygen atoms in total. The molecule has 0 heterocycles. The minimum Gasteiger partial charge on any atom is -0.423 e. The lowest BCUT2D eigenvalue weighted by Gasteiger charge is -1.95.